The van der Waals surface area contributed by atoms with Crippen LogP contribution in [0.4, 0.5) is 10.1 Å². The fourth-order valence-corrected chi connectivity index (χ4v) is 2.52. The van der Waals surface area contributed by atoms with Gasteiger partial charge in [0.2, 0.25) is 0 Å². The third-order valence-corrected chi connectivity index (χ3v) is 3.93. The molecule has 8 heteroatoms. The number of anilines is 1. The second kappa shape index (κ2) is 5.76. The van der Waals surface area contributed by atoms with Crippen LogP contribution in [0.3, 0.4) is 0 Å². The van der Waals surface area contributed by atoms with Crippen LogP contribution in [0.5, 0.6) is 5.75 Å². The van der Waals surface area contributed by atoms with Gasteiger partial charge in [0.15, 0.2) is 0 Å². The molecule has 0 unspecified atom stereocenters. The molecule has 0 bridgehead atoms. The number of nitrogens with zero attached hydrogens (tertiary/aromatic N) is 2. The highest BCUT2D eigenvalue weighted by Crippen LogP contribution is 2.23. The molecule has 0 fully saturated rings. The summed E-state index contributed by atoms with van der Waals surface area (Å²) < 4.78 is 44.9. The molecule has 2 aromatic rings. The quantitative estimate of drug-likeness (QED) is 0.931. The van der Waals surface area contributed by atoms with E-state index in [1.165, 1.54) is 31.4 Å². The Kier molecular flexibility index (Phi) is 4.05. The molecular formula is C13H10FN3O3S. The molecule has 0 spiro atoms. The van der Waals surface area contributed by atoms with Crippen LogP contribution in [0.2, 0.25) is 0 Å². The summed E-state index contributed by atoms with van der Waals surface area (Å²) in [6, 6.07) is 7.94. The zero-order valence-corrected chi connectivity index (χ0v) is 11.7. The molecule has 2 rings (SSSR count). The molecule has 0 radical (unpaired) electrons. The van der Waals surface area contributed by atoms with Gasteiger partial charge >= 0.3 is 0 Å². The Labute approximate surface area is 120 Å². The first kappa shape index (κ1) is 14.7. The van der Waals surface area contributed by atoms with Gasteiger partial charge < -0.3 is 4.74 Å². The third kappa shape index (κ3) is 3.27. The Balaban J connectivity index is 2.35. The topological polar surface area (TPSA) is 92.1 Å². The van der Waals surface area contributed by atoms with Gasteiger partial charge in [0, 0.05) is 12.3 Å². The number of methoxy groups -OCH3 is 1. The number of rotatable bonds is 4. The Morgan fingerprint density at radius 3 is 2.67 bits per heavy atom. The van der Waals surface area contributed by atoms with E-state index in [2.05, 4.69) is 9.71 Å². The van der Waals surface area contributed by atoms with Crippen molar-refractivity contribution in [2.75, 3.05) is 11.8 Å². The Morgan fingerprint density at radius 1 is 1.33 bits per heavy atom. The highest BCUT2D eigenvalue weighted by Gasteiger charge is 2.17. The minimum atomic E-state index is -4.00. The molecule has 21 heavy (non-hydrogen) atoms. The Hall–Kier alpha value is -2.66. The summed E-state index contributed by atoms with van der Waals surface area (Å²) in [5.74, 6) is -0.423. The highest BCUT2D eigenvalue weighted by atomic mass is 32.2. The molecule has 6 nitrogen and oxygen atoms in total. The molecule has 1 aromatic heterocycles. The van der Waals surface area contributed by atoms with E-state index in [4.69, 9.17) is 10.00 Å². The van der Waals surface area contributed by atoms with Gasteiger partial charge in [-0.15, -0.1) is 0 Å². The largest absolute Gasteiger partial charge is 0.497 e. The summed E-state index contributed by atoms with van der Waals surface area (Å²) in [5, 5.41) is 8.62. The molecule has 0 aliphatic rings. The molecule has 1 aromatic carbocycles. The van der Waals surface area contributed by atoms with Crippen molar-refractivity contribution in [2.24, 2.45) is 0 Å². The number of ether oxygens (including phenoxy) is 1. The minimum Gasteiger partial charge on any atom is -0.497 e. The first-order valence-electron chi connectivity index (χ1n) is 5.69. The molecule has 0 aliphatic heterocycles. The van der Waals surface area contributed by atoms with Gasteiger partial charge in [-0.2, -0.15) is 5.26 Å². The van der Waals surface area contributed by atoms with Gasteiger partial charge in [0.05, 0.1) is 12.8 Å². The molecule has 0 atom stereocenters. The first-order valence-corrected chi connectivity index (χ1v) is 7.17. The van der Waals surface area contributed by atoms with E-state index in [-0.39, 0.29) is 16.3 Å². The maximum Gasteiger partial charge on any atom is 0.263 e. The zero-order chi connectivity index (χ0) is 15.5. The molecule has 1 N–H and O–H groups in total. The van der Waals surface area contributed by atoms with Crippen LogP contribution >= 0.6 is 0 Å². The maximum absolute atomic E-state index is 13.6. The monoisotopic (exact) mass is 307 g/mol. The Morgan fingerprint density at radius 2 is 2.10 bits per heavy atom. The van der Waals surface area contributed by atoms with Crippen molar-refractivity contribution in [1.29, 1.82) is 5.26 Å². The minimum absolute atomic E-state index is 0.0847. The molecule has 1 heterocycles. The summed E-state index contributed by atoms with van der Waals surface area (Å²) in [6.45, 7) is 0. The van der Waals surface area contributed by atoms with Crippen LogP contribution in [0, 0.1) is 17.1 Å². The van der Waals surface area contributed by atoms with Crippen LogP contribution in [-0.2, 0) is 10.0 Å². The van der Waals surface area contributed by atoms with E-state index < -0.39 is 15.8 Å². The molecule has 0 amide bonds. The standard InChI is InChI=1S/C13H10FN3O3S/c1-20-10-3-5-12(14)13(6-10)17-21(18,19)11-4-2-9(7-15)16-8-11/h2-6,8,17H,1H3. The summed E-state index contributed by atoms with van der Waals surface area (Å²) in [4.78, 5) is 3.49. The lowest BCUT2D eigenvalue weighted by atomic mass is 10.3. The van der Waals surface area contributed by atoms with Crippen LogP contribution in [0.25, 0.3) is 0 Å². The van der Waals surface area contributed by atoms with E-state index in [1.54, 1.807) is 6.07 Å². The smallest absolute Gasteiger partial charge is 0.263 e. The van der Waals surface area contributed by atoms with Crippen molar-refractivity contribution >= 4 is 15.7 Å². The lowest BCUT2D eigenvalue weighted by Gasteiger charge is -2.10. The number of nitriles is 1. The van der Waals surface area contributed by atoms with Gasteiger partial charge in [-0.1, -0.05) is 0 Å². The summed E-state index contributed by atoms with van der Waals surface area (Å²) in [6.07, 6.45) is 1.03. The van der Waals surface area contributed by atoms with E-state index in [0.717, 1.165) is 12.3 Å². The van der Waals surface area contributed by atoms with E-state index in [0.29, 0.717) is 5.75 Å². The third-order valence-electron chi connectivity index (χ3n) is 2.58. The van der Waals surface area contributed by atoms with Crippen molar-refractivity contribution in [2.45, 2.75) is 4.90 Å². The maximum atomic E-state index is 13.6. The molecule has 0 aliphatic carbocycles. The Bertz CT molecular complexity index is 798. The van der Waals surface area contributed by atoms with Gasteiger partial charge in [-0.25, -0.2) is 17.8 Å². The number of pyridine rings is 1. The predicted octanol–water partition coefficient (Wildman–Crippen LogP) is 1.90. The van der Waals surface area contributed by atoms with E-state index in [1.807, 2.05) is 0 Å². The van der Waals surface area contributed by atoms with E-state index >= 15 is 0 Å². The molecule has 108 valence electrons. The summed E-state index contributed by atoms with van der Waals surface area (Å²) in [7, 11) is -2.62. The number of hydrogen-bond donors (Lipinski definition) is 1. The lowest BCUT2D eigenvalue weighted by Crippen LogP contribution is -2.14. The van der Waals surface area contributed by atoms with Crippen molar-refractivity contribution in [3.8, 4) is 11.8 Å². The molecular weight excluding hydrogens is 297 g/mol. The second-order valence-electron chi connectivity index (χ2n) is 3.94. The SMILES string of the molecule is COc1ccc(F)c(NS(=O)(=O)c2ccc(C#N)nc2)c1. The number of hydrogen-bond acceptors (Lipinski definition) is 5. The van der Waals surface area contributed by atoms with Crippen molar-refractivity contribution in [3.05, 3.63) is 48.0 Å². The predicted molar refractivity (Wildman–Crippen MR) is 72.7 cm³/mol. The van der Waals surface area contributed by atoms with Crippen molar-refractivity contribution in [3.63, 3.8) is 0 Å². The average molecular weight is 307 g/mol. The van der Waals surface area contributed by atoms with Gasteiger partial charge in [0.25, 0.3) is 10.0 Å². The van der Waals surface area contributed by atoms with Crippen molar-refractivity contribution < 1.29 is 17.5 Å². The highest BCUT2D eigenvalue weighted by molar-refractivity contribution is 7.92. The number of aromatic nitrogens is 1. The van der Waals surface area contributed by atoms with Crippen LogP contribution in [0.1, 0.15) is 5.69 Å². The second-order valence-corrected chi connectivity index (χ2v) is 5.62. The lowest BCUT2D eigenvalue weighted by molar-refractivity contribution is 0.414. The average Bonchev–Trinajstić information content (AvgIpc) is 2.49. The fraction of sp³-hybridized carbons (Fsp3) is 0.0769. The van der Waals surface area contributed by atoms with Crippen LogP contribution < -0.4 is 9.46 Å². The number of benzene rings is 1. The number of sulfonamides is 1. The molecule has 0 saturated carbocycles. The number of halogens is 1. The van der Waals surface area contributed by atoms with Gasteiger partial charge in [-0.05, 0) is 24.3 Å². The fourth-order valence-electron chi connectivity index (χ4n) is 1.52. The normalized spacial score (nSPS) is 10.7. The van der Waals surface area contributed by atoms with E-state index in [9.17, 15) is 12.8 Å². The van der Waals surface area contributed by atoms with Crippen LogP contribution in [-0.4, -0.2) is 20.5 Å². The van der Waals surface area contributed by atoms with Crippen molar-refractivity contribution in [1.82, 2.24) is 4.98 Å². The summed E-state index contributed by atoms with van der Waals surface area (Å²) >= 11 is 0. The number of nitrogens with one attached hydrogen (secondary N) is 1. The molecule has 0 saturated heterocycles. The van der Waals surface area contributed by atoms with Gasteiger partial charge in [0.1, 0.15) is 28.2 Å². The first-order chi connectivity index (χ1) is 9.96. The zero-order valence-electron chi connectivity index (χ0n) is 10.9. The summed E-state index contributed by atoms with van der Waals surface area (Å²) in [5.41, 5.74) is -0.153. The van der Waals surface area contributed by atoms with Gasteiger partial charge in [-0.3, -0.25) is 4.72 Å². The van der Waals surface area contributed by atoms with Crippen LogP contribution in [0.15, 0.2) is 41.4 Å².